The zero-order valence-electron chi connectivity index (χ0n) is 15.4. The lowest BCUT2D eigenvalue weighted by Crippen LogP contribution is -2.52. The van der Waals surface area contributed by atoms with Crippen LogP contribution in [-0.4, -0.2) is 36.5 Å². The molecule has 26 heavy (non-hydrogen) atoms. The second-order valence-corrected chi connectivity index (χ2v) is 6.68. The normalized spacial score (nSPS) is 16.7. The molecule has 1 fully saturated rings. The molecule has 1 aliphatic heterocycles. The highest BCUT2D eigenvalue weighted by molar-refractivity contribution is 5.85. The van der Waals surface area contributed by atoms with Crippen molar-refractivity contribution in [2.45, 2.75) is 32.9 Å². The summed E-state index contributed by atoms with van der Waals surface area (Å²) >= 11 is 0. The van der Waals surface area contributed by atoms with Gasteiger partial charge in [0.25, 0.3) is 0 Å². The van der Waals surface area contributed by atoms with E-state index in [0.29, 0.717) is 13.0 Å². The molecule has 0 aliphatic carbocycles. The van der Waals surface area contributed by atoms with E-state index in [1.165, 1.54) is 11.1 Å². The first-order chi connectivity index (χ1) is 12.1. The maximum atomic E-state index is 12.6. The number of rotatable bonds is 5. The van der Waals surface area contributed by atoms with Crippen LogP contribution in [0.2, 0.25) is 0 Å². The minimum absolute atomic E-state index is 0. The quantitative estimate of drug-likeness (QED) is 0.872. The molecule has 0 radical (unpaired) electrons. The number of carbonyl (C=O) groups is 1. The van der Waals surface area contributed by atoms with Crippen molar-refractivity contribution in [3.05, 3.63) is 65.2 Å². The van der Waals surface area contributed by atoms with Gasteiger partial charge < -0.3 is 15.0 Å². The zero-order chi connectivity index (χ0) is 17.6. The van der Waals surface area contributed by atoms with Gasteiger partial charge >= 0.3 is 0 Å². The standard InChI is InChI=1S/C21H26N2O2.ClH/c1-16-6-3-4-8-19(16)15-25-20-9-5-7-18(12-20)13-21(24)23-11-10-22-14-17(23)2;/h3-9,12,17,22H,10-11,13-15H2,1-2H3;1H. The zero-order valence-corrected chi connectivity index (χ0v) is 16.2. The fourth-order valence-electron chi connectivity index (χ4n) is 3.17. The number of hydrogen-bond donors (Lipinski definition) is 1. The van der Waals surface area contributed by atoms with Crippen LogP contribution in [0.15, 0.2) is 48.5 Å². The van der Waals surface area contributed by atoms with Crippen molar-refractivity contribution in [1.29, 1.82) is 0 Å². The Bertz CT molecular complexity index is 735. The van der Waals surface area contributed by atoms with Crippen LogP contribution < -0.4 is 10.1 Å². The maximum absolute atomic E-state index is 12.6. The van der Waals surface area contributed by atoms with E-state index < -0.39 is 0 Å². The van der Waals surface area contributed by atoms with E-state index in [1.807, 2.05) is 41.3 Å². The van der Waals surface area contributed by atoms with Gasteiger partial charge in [0.1, 0.15) is 12.4 Å². The van der Waals surface area contributed by atoms with Crippen LogP contribution >= 0.6 is 12.4 Å². The Morgan fingerprint density at radius 3 is 2.81 bits per heavy atom. The topological polar surface area (TPSA) is 41.6 Å². The summed E-state index contributed by atoms with van der Waals surface area (Å²) in [5.74, 6) is 0.993. The summed E-state index contributed by atoms with van der Waals surface area (Å²) in [5.41, 5.74) is 3.40. The minimum Gasteiger partial charge on any atom is -0.489 e. The van der Waals surface area contributed by atoms with E-state index in [9.17, 15) is 4.79 Å². The molecule has 0 saturated carbocycles. The van der Waals surface area contributed by atoms with E-state index in [0.717, 1.165) is 30.9 Å². The van der Waals surface area contributed by atoms with Crippen LogP contribution in [-0.2, 0) is 17.8 Å². The first-order valence-corrected chi connectivity index (χ1v) is 8.90. The van der Waals surface area contributed by atoms with Gasteiger partial charge in [0.15, 0.2) is 0 Å². The molecule has 1 heterocycles. The molecular weight excluding hydrogens is 348 g/mol. The van der Waals surface area contributed by atoms with E-state index in [-0.39, 0.29) is 24.4 Å². The van der Waals surface area contributed by atoms with Gasteiger partial charge in [-0.3, -0.25) is 4.79 Å². The summed E-state index contributed by atoms with van der Waals surface area (Å²) in [6, 6.07) is 16.3. The van der Waals surface area contributed by atoms with Crippen molar-refractivity contribution in [3.8, 4) is 5.75 Å². The van der Waals surface area contributed by atoms with Crippen LogP contribution in [0.5, 0.6) is 5.75 Å². The first-order valence-electron chi connectivity index (χ1n) is 8.90. The Kier molecular flexibility index (Phi) is 7.49. The maximum Gasteiger partial charge on any atom is 0.227 e. The fraction of sp³-hybridized carbons (Fsp3) is 0.381. The van der Waals surface area contributed by atoms with Gasteiger partial charge in [-0.25, -0.2) is 0 Å². The van der Waals surface area contributed by atoms with Gasteiger partial charge in [-0.15, -0.1) is 12.4 Å². The van der Waals surface area contributed by atoms with Gasteiger partial charge in [-0.05, 0) is 42.7 Å². The van der Waals surface area contributed by atoms with Crippen LogP contribution in [0, 0.1) is 6.92 Å². The highest BCUT2D eigenvalue weighted by atomic mass is 35.5. The predicted octanol–water partition coefficient (Wildman–Crippen LogP) is 3.36. The Hall–Kier alpha value is -2.04. The van der Waals surface area contributed by atoms with Crippen molar-refractivity contribution in [2.75, 3.05) is 19.6 Å². The molecule has 1 atom stereocenters. The number of benzene rings is 2. The highest BCUT2D eigenvalue weighted by Crippen LogP contribution is 2.18. The SMILES string of the molecule is Cc1ccccc1COc1cccc(CC(=O)N2CCNCC2C)c1.Cl. The van der Waals surface area contributed by atoms with Crippen molar-refractivity contribution < 1.29 is 9.53 Å². The summed E-state index contributed by atoms with van der Waals surface area (Å²) < 4.78 is 5.93. The summed E-state index contributed by atoms with van der Waals surface area (Å²) in [4.78, 5) is 14.5. The van der Waals surface area contributed by atoms with Crippen molar-refractivity contribution in [3.63, 3.8) is 0 Å². The third kappa shape index (κ3) is 5.23. The van der Waals surface area contributed by atoms with Gasteiger partial charge in [0, 0.05) is 25.7 Å². The third-order valence-corrected chi connectivity index (χ3v) is 4.73. The van der Waals surface area contributed by atoms with Crippen molar-refractivity contribution in [1.82, 2.24) is 10.2 Å². The second kappa shape index (κ2) is 9.60. The Morgan fingerprint density at radius 2 is 2.04 bits per heavy atom. The number of ether oxygens (including phenoxy) is 1. The summed E-state index contributed by atoms with van der Waals surface area (Å²) in [6.07, 6.45) is 0.423. The molecule has 4 nitrogen and oxygen atoms in total. The third-order valence-electron chi connectivity index (χ3n) is 4.73. The van der Waals surface area contributed by atoms with Gasteiger partial charge in [0.2, 0.25) is 5.91 Å². The molecule has 1 unspecified atom stereocenters. The Labute approximate surface area is 162 Å². The van der Waals surface area contributed by atoms with Gasteiger partial charge in [-0.1, -0.05) is 36.4 Å². The van der Waals surface area contributed by atoms with Crippen LogP contribution in [0.25, 0.3) is 0 Å². The lowest BCUT2D eigenvalue weighted by atomic mass is 10.1. The molecule has 5 heteroatoms. The fourth-order valence-corrected chi connectivity index (χ4v) is 3.17. The number of aryl methyl sites for hydroxylation is 1. The average molecular weight is 375 g/mol. The lowest BCUT2D eigenvalue weighted by molar-refractivity contribution is -0.133. The molecule has 1 aliphatic rings. The molecule has 0 spiro atoms. The Balaban J connectivity index is 0.00000243. The predicted molar refractivity (Wildman–Crippen MR) is 107 cm³/mol. The van der Waals surface area contributed by atoms with Gasteiger partial charge in [-0.2, -0.15) is 0 Å². The lowest BCUT2D eigenvalue weighted by Gasteiger charge is -2.34. The largest absolute Gasteiger partial charge is 0.489 e. The summed E-state index contributed by atoms with van der Waals surface area (Å²) in [5, 5.41) is 3.32. The van der Waals surface area contributed by atoms with Crippen molar-refractivity contribution in [2.24, 2.45) is 0 Å². The molecule has 1 saturated heterocycles. The molecule has 0 bridgehead atoms. The van der Waals surface area contributed by atoms with Crippen molar-refractivity contribution >= 4 is 18.3 Å². The number of hydrogen-bond acceptors (Lipinski definition) is 3. The number of carbonyl (C=O) groups excluding carboxylic acids is 1. The van der Waals surface area contributed by atoms with Crippen LogP contribution in [0.1, 0.15) is 23.6 Å². The highest BCUT2D eigenvalue weighted by Gasteiger charge is 2.22. The molecule has 2 aromatic rings. The molecule has 1 N–H and O–H groups in total. The van der Waals surface area contributed by atoms with Crippen LogP contribution in [0.4, 0.5) is 0 Å². The molecular formula is C21H27ClN2O2. The Morgan fingerprint density at radius 1 is 1.23 bits per heavy atom. The smallest absolute Gasteiger partial charge is 0.227 e. The molecule has 1 amide bonds. The number of amides is 1. The van der Waals surface area contributed by atoms with E-state index >= 15 is 0 Å². The summed E-state index contributed by atoms with van der Waals surface area (Å²) in [7, 11) is 0. The monoisotopic (exact) mass is 374 g/mol. The number of nitrogens with zero attached hydrogens (tertiary/aromatic N) is 1. The summed E-state index contributed by atoms with van der Waals surface area (Å²) in [6.45, 7) is 7.23. The van der Waals surface area contributed by atoms with Crippen LogP contribution in [0.3, 0.4) is 0 Å². The number of halogens is 1. The molecule has 3 rings (SSSR count). The number of piperazine rings is 1. The second-order valence-electron chi connectivity index (χ2n) is 6.68. The van der Waals surface area contributed by atoms with E-state index in [1.54, 1.807) is 0 Å². The molecule has 0 aromatic heterocycles. The van der Waals surface area contributed by atoms with E-state index in [2.05, 4.69) is 31.3 Å². The van der Waals surface area contributed by atoms with E-state index in [4.69, 9.17) is 4.74 Å². The first kappa shape index (κ1) is 20.3. The molecule has 140 valence electrons. The average Bonchev–Trinajstić information content (AvgIpc) is 2.62. The van der Waals surface area contributed by atoms with Gasteiger partial charge in [0.05, 0.1) is 6.42 Å². The minimum atomic E-state index is 0. The molecule has 2 aromatic carbocycles. The number of nitrogens with one attached hydrogen (secondary N) is 1.